The maximum absolute atomic E-state index is 8.66. The van der Waals surface area contributed by atoms with Gasteiger partial charge in [0, 0.05) is 26.2 Å². The van der Waals surface area contributed by atoms with Crippen molar-refractivity contribution < 1.29 is 10.2 Å². The first-order valence-corrected chi connectivity index (χ1v) is 4.05. The Morgan fingerprint density at radius 2 is 1.75 bits per heavy atom. The van der Waals surface area contributed by atoms with E-state index in [1.165, 1.54) is 0 Å². The second-order valence-corrected chi connectivity index (χ2v) is 2.68. The summed E-state index contributed by atoms with van der Waals surface area (Å²) in [5.74, 6) is 0. The van der Waals surface area contributed by atoms with Gasteiger partial charge in [-0.05, 0) is 5.57 Å². The van der Waals surface area contributed by atoms with E-state index in [1.807, 2.05) is 4.90 Å². The quantitative estimate of drug-likeness (QED) is 0.423. The summed E-state index contributed by atoms with van der Waals surface area (Å²) in [6, 6.07) is 0. The highest BCUT2D eigenvalue weighted by molar-refractivity contribution is 4.98. The van der Waals surface area contributed by atoms with Crippen molar-refractivity contribution in [3.05, 3.63) is 12.2 Å². The summed E-state index contributed by atoms with van der Waals surface area (Å²) in [4.78, 5) is 1.91. The average molecular weight is 174 g/mol. The molecule has 0 unspecified atom stereocenters. The van der Waals surface area contributed by atoms with Crippen LogP contribution >= 0.6 is 0 Å². The first-order valence-electron chi connectivity index (χ1n) is 4.05. The molecule has 0 aliphatic rings. The lowest BCUT2D eigenvalue weighted by molar-refractivity contribution is 0.169. The van der Waals surface area contributed by atoms with Crippen LogP contribution in [0.2, 0.25) is 0 Å². The molecule has 72 valence electrons. The molecular formula is C8H18N2O2. The smallest absolute Gasteiger partial charge is 0.0558 e. The third-order valence-corrected chi connectivity index (χ3v) is 1.57. The lowest BCUT2D eigenvalue weighted by atomic mass is 10.3. The predicted molar refractivity (Wildman–Crippen MR) is 48.8 cm³/mol. The maximum Gasteiger partial charge on any atom is 0.0558 e. The molecule has 0 aromatic carbocycles. The zero-order chi connectivity index (χ0) is 9.40. The van der Waals surface area contributed by atoms with Crippen molar-refractivity contribution in [2.45, 2.75) is 0 Å². The zero-order valence-corrected chi connectivity index (χ0v) is 7.37. The molecule has 0 spiro atoms. The van der Waals surface area contributed by atoms with Crippen LogP contribution in [-0.4, -0.2) is 54.5 Å². The fourth-order valence-corrected chi connectivity index (χ4v) is 0.934. The van der Waals surface area contributed by atoms with Crippen molar-refractivity contribution in [3.63, 3.8) is 0 Å². The summed E-state index contributed by atoms with van der Waals surface area (Å²) in [6.45, 7) is 6.15. The van der Waals surface area contributed by atoms with E-state index in [4.69, 9.17) is 15.9 Å². The SMILES string of the molecule is C=C(CN)CN(CCO)CCO. The summed E-state index contributed by atoms with van der Waals surface area (Å²) < 4.78 is 0. The van der Waals surface area contributed by atoms with Gasteiger partial charge in [-0.25, -0.2) is 0 Å². The van der Waals surface area contributed by atoms with Crippen LogP contribution in [0.4, 0.5) is 0 Å². The molecule has 0 saturated heterocycles. The van der Waals surface area contributed by atoms with Gasteiger partial charge in [0.25, 0.3) is 0 Å². The van der Waals surface area contributed by atoms with Crippen LogP contribution in [0.25, 0.3) is 0 Å². The second kappa shape index (κ2) is 7.24. The molecule has 0 atom stereocenters. The molecule has 0 radical (unpaired) electrons. The molecule has 0 rings (SSSR count). The predicted octanol–water partition coefficient (Wildman–Crippen LogP) is -1.21. The Kier molecular flexibility index (Phi) is 6.99. The van der Waals surface area contributed by atoms with Gasteiger partial charge in [-0.2, -0.15) is 0 Å². The summed E-state index contributed by atoms with van der Waals surface area (Å²) in [5, 5.41) is 17.3. The molecule has 4 heteroatoms. The van der Waals surface area contributed by atoms with E-state index in [9.17, 15) is 0 Å². The van der Waals surface area contributed by atoms with Gasteiger partial charge >= 0.3 is 0 Å². The summed E-state index contributed by atoms with van der Waals surface area (Å²) >= 11 is 0. The van der Waals surface area contributed by atoms with Crippen molar-refractivity contribution in [3.8, 4) is 0 Å². The van der Waals surface area contributed by atoms with Gasteiger partial charge in [-0.3, -0.25) is 4.90 Å². The summed E-state index contributed by atoms with van der Waals surface area (Å²) in [6.07, 6.45) is 0. The zero-order valence-electron chi connectivity index (χ0n) is 7.37. The topological polar surface area (TPSA) is 69.7 Å². The van der Waals surface area contributed by atoms with E-state index < -0.39 is 0 Å². The second-order valence-electron chi connectivity index (χ2n) is 2.68. The Balaban J connectivity index is 3.68. The van der Waals surface area contributed by atoms with E-state index >= 15 is 0 Å². The van der Waals surface area contributed by atoms with Crippen LogP contribution in [0.1, 0.15) is 0 Å². The minimum absolute atomic E-state index is 0.0951. The van der Waals surface area contributed by atoms with Gasteiger partial charge in [-0.1, -0.05) is 6.58 Å². The van der Waals surface area contributed by atoms with E-state index in [0.29, 0.717) is 26.2 Å². The molecule has 0 aromatic heterocycles. The fraction of sp³-hybridized carbons (Fsp3) is 0.750. The lowest BCUT2D eigenvalue weighted by Crippen LogP contribution is -2.32. The summed E-state index contributed by atoms with van der Waals surface area (Å²) in [5.41, 5.74) is 6.28. The average Bonchev–Trinajstić information content (AvgIpc) is 2.05. The molecule has 0 aliphatic carbocycles. The first kappa shape index (κ1) is 11.6. The largest absolute Gasteiger partial charge is 0.395 e. The number of hydrogen-bond acceptors (Lipinski definition) is 4. The van der Waals surface area contributed by atoms with Crippen LogP contribution in [0.3, 0.4) is 0 Å². The maximum atomic E-state index is 8.66. The van der Waals surface area contributed by atoms with Gasteiger partial charge in [0.2, 0.25) is 0 Å². The molecule has 12 heavy (non-hydrogen) atoms. The van der Waals surface area contributed by atoms with E-state index in [0.717, 1.165) is 5.57 Å². The summed E-state index contributed by atoms with van der Waals surface area (Å²) in [7, 11) is 0. The Labute approximate surface area is 73.3 Å². The Morgan fingerprint density at radius 1 is 1.25 bits per heavy atom. The van der Waals surface area contributed by atoms with Crippen molar-refractivity contribution in [2.75, 3.05) is 39.4 Å². The lowest BCUT2D eigenvalue weighted by Gasteiger charge is -2.20. The highest BCUT2D eigenvalue weighted by Gasteiger charge is 2.03. The Bertz CT molecular complexity index is 122. The minimum atomic E-state index is 0.0951. The minimum Gasteiger partial charge on any atom is -0.395 e. The van der Waals surface area contributed by atoms with Crippen LogP contribution < -0.4 is 5.73 Å². The third-order valence-electron chi connectivity index (χ3n) is 1.57. The van der Waals surface area contributed by atoms with Gasteiger partial charge in [0.05, 0.1) is 13.2 Å². The monoisotopic (exact) mass is 174 g/mol. The van der Waals surface area contributed by atoms with Crippen LogP contribution in [-0.2, 0) is 0 Å². The third kappa shape index (κ3) is 5.26. The van der Waals surface area contributed by atoms with E-state index in [2.05, 4.69) is 6.58 Å². The molecule has 4 nitrogen and oxygen atoms in total. The van der Waals surface area contributed by atoms with E-state index in [-0.39, 0.29) is 13.2 Å². The molecular weight excluding hydrogens is 156 g/mol. The Morgan fingerprint density at radius 3 is 2.08 bits per heavy atom. The van der Waals surface area contributed by atoms with E-state index in [1.54, 1.807) is 0 Å². The number of hydrogen-bond donors (Lipinski definition) is 3. The molecule has 0 amide bonds. The highest BCUT2D eigenvalue weighted by Crippen LogP contribution is 1.93. The van der Waals surface area contributed by atoms with Gasteiger partial charge < -0.3 is 15.9 Å². The molecule has 0 heterocycles. The molecule has 0 aromatic rings. The molecule has 0 fully saturated rings. The molecule has 0 bridgehead atoms. The number of nitrogens with two attached hydrogens (primary N) is 1. The van der Waals surface area contributed by atoms with Crippen molar-refractivity contribution >= 4 is 0 Å². The molecule has 0 aliphatic heterocycles. The molecule has 4 N–H and O–H groups in total. The molecule has 0 saturated carbocycles. The number of aliphatic hydroxyl groups is 2. The van der Waals surface area contributed by atoms with Gasteiger partial charge in [-0.15, -0.1) is 0 Å². The highest BCUT2D eigenvalue weighted by atomic mass is 16.3. The van der Waals surface area contributed by atoms with Crippen LogP contribution in [0, 0.1) is 0 Å². The van der Waals surface area contributed by atoms with Crippen LogP contribution in [0.15, 0.2) is 12.2 Å². The first-order chi connectivity index (χ1) is 5.74. The normalized spacial score (nSPS) is 10.7. The van der Waals surface area contributed by atoms with Crippen molar-refractivity contribution in [1.82, 2.24) is 4.90 Å². The van der Waals surface area contributed by atoms with Crippen molar-refractivity contribution in [1.29, 1.82) is 0 Å². The number of nitrogens with zero attached hydrogens (tertiary/aromatic N) is 1. The number of aliphatic hydroxyl groups excluding tert-OH is 2. The number of rotatable bonds is 7. The fourth-order valence-electron chi connectivity index (χ4n) is 0.934. The standard InChI is InChI=1S/C8H18N2O2/c1-8(6-9)7-10(2-4-11)3-5-12/h11-12H,1-7,9H2. The van der Waals surface area contributed by atoms with Gasteiger partial charge in [0.1, 0.15) is 0 Å². The van der Waals surface area contributed by atoms with Crippen molar-refractivity contribution in [2.24, 2.45) is 5.73 Å². The van der Waals surface area contributed by atoms with Crippen LogP contribution in [0.5, 0.6) is 0 Å². The Hall–Kier alpha value is -0.420. The van der Waals surface area contributed by atoms with Gasteiger partial charge in [0.15, 0.2) is 0 Å².